The highest BCUT2D eigenvalue weighted by Crippen LogP contribution is 2.47. The number of aromatic nitrogens is 9. The van der Waals surface area contributed by atoms with Crippen molar-refractivity contribution in [2.75, 3.05) is 0 Å². The second-order valence-corrected chi connectivity index (χ2v) is 34.0. The van der Waals surface area contributed by atoms with Gasteiger partial charge in [0.2, 0.25) is 34.0 Å². The summed E-state index contributed by atoms with van der Waals surface area (Å²) >= 11 is 0. The first-order chi connectivity index (χ1) is 63.6. The Balaban J connectivity index is 0.0000000955. The van der Waals surface area contributed by atoms with Gasteiger partial charge >= 0.3 is 0 Å². The van der Waals surface area contributed by atoms with Crippen LogP contribution in [0.1, 0.15) is 33.4 Å². The lowest BCUT2D eigenvalue weighted by Gasteiger charge is -2.08. The molecule has 0 amide bonds. The molecule has 0 fully saturated rings. The van der Waals surface area contributed by atoms with E-state index in [1.54, 1.807) is 0 Å². The van der Waals surface area contributed by atoms with Crippen LogP contribution in [0.25, 0.3) is 231 Å². The first kappa shape index (κ1) is 79.5. The van der Waals surface area contributed by atoms with E-state index in [2.05, 4.69) is 363 Å². The maximum atomic E-state index is 6.50. The normalized spacial score (nSPS) is 11.7. The molecule has 0 N–H and O–H groups in total. The summed E-state index contributed by atoms with van der Waals surface area (Å²) in [7, 11) is 10.4. The maximum Gasteiger partial charge on any atom is 0.216 e. The van der Waals surface area contributed by atoms with Crippen LogP contribution in [0.3, 0.4) is 0 Å². The van der Waals surface area contributed by atoms with E-state index < -0.39 is 0 Å². The summed E-state index contributed by atoms with van der Waals surface area (Å²) < 4.78 is 42.7. The predicted molar refractivity (Wildman–Crippen MR) is 526 cm³/mol. The number of furan rings is 5. The Labute approximate surface area is 748 Å². The number of hydrogen-bond donors (Lipinski definition) is 0. The summed E-state index contributed by atoms with van der Waals surface area (Å²) in [6.07, 6.45) is 19.4. The second-order valence-electron chi connectivity index (χ2n) is 34.0. The van der Waals surface area contributed by atoms with Gasteiger partial charge in [0.25, 0.3) is 0 Å². The molecule has 0 spiro atoms. The van der Waals surface area contributed by atoms with Crippen molar-refractivity contribution in [1.29, 1.82) is 0 Å². The molecule has 14 heteroatoms. The Morgan fingerprint density at radius 2 is 0.592 bits per heavy atom. The molecule has 12 aromatic carbocycles. The fraction of sp³-hybridized carbons (Fsp3) is 0.0948. The van der Waals surface area contributed by atoms with Gasteiger partial charge in [0, 0.05) is 173 Å². The van der Waals surface area contributed by atoms with Gasteiger partial charge in [-0.25, -0.2) is 18.3 Å². The number of nitrogens with zero attached hydrogens (tertiary/aromatic N) is 9. The van der Waals surface area contributed by atoms with E-state index in [1.807, 2.05) is 104 Å². The highest BCUT2D eigenvalue weighted by molar-refractivity contribution is 6.25. The van der Waals surface area contributed by atoms with Crippen LogP contribution < -0.4 is 22.8 Å². The molecule has 130 heavy (non-hydrogen) atoms. The van der Waals surface area contributed by atoms with Crippen LogP contribution in [0.15, 0.2) is 369 Å². The van der Waals surface area contributed by atoms with Crippen LogP contribution >= 0.6 is 0 Å². The fourth-order valence-corrected chi connectivity index (χ4v) is 19.6. The van der Waals surface area contributed by atoms with Crippen LogP contribution in [-0.2, 0) is 35.2 Å². The molecule has 0 aliphatic rings. The molecule has 0 bridgehead atoms. The van der Waals surface area contributed by atoms with Gasteiger partial charge in [0.1, 0.15) is 91.1 Å². The third-order valence-corrected chi connectivity index (χ3v) is 26.1. The summed E-state index contributed by atoms with van der Waals surface area (Å²) in [6, 6.07) is 99.1. The van der Waals surface area contributed by atoms with Crippen molar-refractivity contribution >= 4 is 175 Å². The van der Waals surface area contributed by atoms with Crippen molar-refractivity contribution in [1.82, 2.24) is 19.9 Å². The molecular weight excluding hydrogens is 1600 g/mol. The number of aryl methyl sites for hydroxylation is 11. The number of hydrogen-bond acceptors (Lipinski definition) is 9. The average Bonchev–Trinajstić information content (AvgIpc) is 1.52. The van der Waals surface area contributed by atoms with Crippen LogP contribution in [0.2, 0.25) is 0 Å². The fourth-order valence-electron chi connectivity index (χ4n) is 19.6. The monoisotopic (exact) mass is 1690 g/mol. The third kappa shape index (κ3) is 13.4. The van der Waals surface area contributed by atoms with Crippen molar-refractivity contribution in [3.63, 3.8) is 0 Å². The summed E-state index contributed by atoms with van der Waals surface area (Å²) in [5, 5.41) is 22.1. The minimum atomic E-state index is 0.881. The van der Waals surface area contributed by atoms with Gasteiger partial charge in [-0.05, 0) is 200 Å². The van der Waals surface area contributed by atoms with Gasteiger partial charge in [-0.1, -0.05) is 121 Å². The molecule has 0 aliphatic carbocycles. The van der Waals surface area contributed by atoms with E-state index in [9.17, 15) is 0 Å². The lowest BCUT2D eigenvalue weighted by molar-refractivity contribution is -0.660. The molecule has 624 valence electrons. The average molecular weight is 1690 g/mol. The Morgan fingerprint density at radius 3 is 1.10 bits per heavy atom. The molecule has 26 rings (SSSR count). The van der Waals surface area contributed by atoms with E-state index in [1.165, 1.54) is 87.9 Å². The van der Waals surface area contributed by atoms with E-state index in [4.69, 9.17) is 22.1 Å². The maximum absolute atomic E-state index is 6.50. The lowest BCUT2D eigenvalue weighted by Crippen LogP contribution is -2.32. The highest BCUT2D eigenvalue weighted by Gasteiger charge is 2.29. The lowest BCUT2D eigenvalue weighted by atomic mass is 9.98. The minimum Gasteiger partial charge on any atom is -0.455 e. The highest BCUT2D eigenvalue weighted by atomic mass is 16.3. The number of pyridine rings is 9. The van der Waals surface area contributed by atoms with E-state index in [0.717, 1.165) is 177 Å². The summed E-state index contributed by atoms with van der Waals surface area (Å²) in [5.74, 6) is 0. The molecule has 0 aliphatic heterocycles. The minimum absolute atomic E-state index is 0.881. The quantitative estimate of drug-likeness (QED) is 0.154. The van der Waals surface area contributed by atoms with Gasteiger partial charge in [-0.3, -0.25) is 19.9 Å². The van der Waals surface area contributed by atoms with Crippen molar-refractivity contribution in [3.05, 3.63) is 380 Å². The van der Waals surface area contributed by atoms with Crippen molar-refractivity contribution in [2.24, 2.45) is 35.2 Å². The number of fused-ring (bicyclic) bond motifs is 26. The zero-order chi connectivity index (χ0) is 88.3. The van der Waals surface area contributed by atoms with Gasteiger partial charge in [0.05, 0.1) is 44.2 Å². The van der Waals surface area contributed by atoms with Gasteiger partial charge in [-0.2, -0.15) is 4.57 Å². The van der Waals surface area contributed by atoms with E-state index >= 15 is 0 Å². The van der Waals surface area contributed by atoms with Gasteiger partial charge in [0.15, 0.2) is 24.8 Å². The molecule has 14 aromatic heterocycles. The van der Waals surface area contributed by atoms with Crippen LogP contribution in [-0.4, -0.2) is 19.9 Å². The molecule has 0 atom stereocenters. The molecule has 0 saturated heterocycles. The second kappa shape index (κ2) is 32.2. The van der Waals surface area contributed by atoms with Crippen molar-refractivity contribution < 1.29 is 44.9 Å². The molecule has 0 unspecified atom stereocenters. The smallest absolute Gasteiger partial charge is 0.216 e. The molecule has 14 nitrogen and oxygen atoms in total. The van der Waals surface area contributed by atoms with E-state index in [-0.39, 0.29) is 0 Å². The summed E-state index contributed by atoms with van der Waals surface area (Å²) in [5.41, 5.74) is 31.3. The van der Waals surface area contributed by atoms with Gasteiger partial charge in [-0.15, -0.1) is 0 Å². The Bertz CT molecular complexity index is 8320. The zero-order valence-corrected chi connectivity index (χ0v) is 74.0. The topological polar surface area (TPSA) is 137 Å². The molecule has 26 aromatic rings. The van der Waals surface area contributed by atoms with Crippen molar-refractivity contribution in [3.8, 4) is 56.3 Å². The molecule has 0 saturated carbocycles. The first-order valence-electron chi connectivity index (χ1n) is 43.9. The standard InChI is InChI=1S/C28H22NO.4C22H17N2O/c1-17-7-6-10-23-20(17)14-15-24(29(23)3)26-18(2)11-13-22-27-21-9-5-4-8-19(21)12-16-25(27)30-28(22)26;1-14-8-10-16-20-18(11-9-15-6-5-12-23-21(15)20)25-22(16)19(14)17-7-3-4-13-24(17)2;1-14-8-9-16-21-15-6-5-12-23-17(15)10-11-19(21)25-22(16)20(14)18-7-3-4-13-24(18)2;1-14-6-8-17-21-16-10-11-23-13-15(16)7-9-19(21)25-22(17)20(14)18-5-3-4-12-24(18)2;1-14-6-8-16-21-17-13-23-11-10-15(17)7-9-19(21)25-22(16)20(14)18-5-3-4-12-24(18)2/h4-16H,1-3H3;4*3-13H,1-2H3/q5*+1. The summed E-state index contributed by atoms with van der Waals surface area (Å²) in [4.78, 5) is 17.7. The molecular formula is C116H90N9O5+5. The SMILES string of the molecule is Cc1ccc2c(oc3ccc4ccccc4c32)c1-c1ccc2c(C)cccc2[n+]1C.Cc1ccc2c(oc3ccc4cccnc4c32)c1-c1cccc[n+]1C.Cc1ccc2c(oc3ccc4ccncc4c32)c1-c1cccc[n+]1C.Cc1ccc2c(oc3ccc4cnccc4c32)c1-c1cccc[n+]1C.Cc1ccc2c(oc3ccc4ncccc4c32)c1-c1cccc[n+]1C. The third-order valence-electron chi connectivity index (χ3n) is 26.1. The first-order valence-corrected chi connectivity index (χ1v) is 43.9. The molecule has 0 radical (unpaired) electrons. The Hall–Kier alpha value is -16.5. The van der Waals surface area contributed by atoms with Crippen LogP contribution in [0, 0.1) is 41.5 Å². The van der Waals surface area contributed by atoms with Crippen molar-refractivity contribution in [2.45, 2.75) is 41.5 Å². The van der Waals surface area contributed by atoms with Crippen LogP contribution in [0.4, 0.5) is 0 Å². The van der Waals surface area contributed by atoms with Crippen LogP contribution in [0.5, 0.6) is 0 Å². The molecule has 14 heterocycles. The number of benzene rings is 12. The van der Waals surface area contributed by atoms with E-state index in [0.29, 0.717) is 0 Å². The largest absolute Gasteiger partial charge is 0.455 e. The Morgan fingerprint density at radius 1 is 0.223 bits per heavy atom. The van der Waals surface area contributed by atoms with Gasteiger partial charge < -0.3 is 22.1 Å². The zero-order valence-electron chi connectivity index (χ0n) is 74.0. The summed E-state index contributed by atoms with van der Waals surface area (Å²) in [6.45, 7) is 12.9. The Kier molecular flexibility index (Phi) is 19.7. The number of rotatable bonds is 5. The predicted octanol–water partition coefficient (Wildman–Crippen LogP) is 26.7.